The van der Waals surface area contributed by atoms with E-state index in [-0.39, 0.29) is 24.2 Å². The van der Waals surface area contributed by atoms with Gasteiger partial charge in [-0.25, -0.2) is 0 Å². The molecule has 0 aliphatic heterocycles. The Balaban J connectivity index is 1.75. The van der Waals surface area contributed by atoms with Crippen LogP contribution in [0.15, 0.2) is 30.3 Å². The molecule has 1 N–H and O–H groups in total. The number of carbonyl (C=O) groups excluding carboxylic acids is 1. The molecule has 1 aromatic rings. The third-order valence-corrected chi connectivity index (χ3v) is 3.79. The van der Waals surface area contributed by atoms with Gasteiger partial charge in [0.25, 0.3) is 0 Å². The Morgan fingerprint density at radius 2 is 1.95 bits per heavy atom. The molecule has 0 radical (unpaired) electrons. The molecule has 108 valence electrons. The molecule has 1 unspecified atom stereocenters. The lowest BCUT2D eigenvalue weighted by Crippen LogP contribution is -2.25. The van der Waals surface area contributed by atoms with E-state index in [1.165, 1.54) is 0 Å². The van der Waals surface area contributed by atoms with Crippen LogP contribution in [0, 0.1) is 11.8 Å². The molecule has 0 saturated heterocycles. The van der Waals surface area contributed by atoms with E-state index in [2.05, 4.69) is 0 Å². The van der Waals surface area contributed by atoms with Crippen LogP contribution in [0.2, 0.25) is 0 Å². The quantitative estimate of drug-likeness (QED) is 0.867. The Hall–Kier alpha value is -1.84. The Labute approximate surface area is 118 Å². The fourth-order valence-corrected chi connectivity index (χ4v) is 2.76. The number of ketones is 1. The van der Waals surface area contributed by atoms with E-state index in [4.69, 9.17) is 9.84 Å². The first kappa shape index (κ1) is 14.6. The number of carboxylic acid groups (broad SMARTS) is 1. The Morgan fingerprint density at radius 1 is 1.20 bits per heavy atom. The number of hydrogen-bond donors (Lipinski definition) is 1. The zero-order chi connectivity index (χ0) is 14.4. The predicted octanol–water partition coefficient (Wildman–Crippen LogP) is 2.92. The van der Waals surface area contributed by atoms with Crippen LogP contribution in [-0.4, -0.2) is 23.5 Å². The maximum Gasteiger partial charge on any atom is 0.306 e. The van der Waals surface area contributed by atoms with Crippen molar-refractivity contribution in [3.63, 3.8) is 0 Å². The van der Waals surface area contributed by atoms with Crippen LogP contribution in [0.25, 0.3) is 0 Å². The Morgan fingerprint density at radius 3 is 2.65 bits per heavy atom. The van der Waals surface area contributed by atoms with Crippen molar-refractivity contribution in [2.45, 2.75) is 32.1 Å². The van der Waals surface area contributed by atoms with Crippen LogP contribution in [0.4, 0.5) is 0 Å². The van der Waals surface area contributed by atoms with Crippen molar-refractivity contribution >= 4 is 11.8 Å². The third kappa shape index (κ3) is 4.37. The molecule has 1 aromatic carbocycles. The highest BCUT2D eigenvalue weighted by atomic mass is 16.5. The second-order valence-corrected chi connectivity index (χ2v) is 5.41. The molecule has 0 bridgehead atoms. The van der Waals surface area contributed by atoms with Gasteiger partial charge in [-0.1, -0.05) is 24.6 Å². The normalized spacial score (nSPS) is 22.2. The summed E-state index contributed by atoms with van der Waals surface area (Å²) in [5, 5.41) is 9.03. The molecule has 0 amide bonds. The monoisotopic (exact) mass is 276 g/mol. The van der Waals surface area contributed by atoms with Crippen molar-refractivity contribution < 1.29 is 19.4 Å². The lowest BCUT2D eigenvalue weighted by atomic mass is 9.79. The second-order valence-electron chi connectivity index (χ2n) is 5.41. The summed E-state index contributed by atoms with van der Waals surface area (Å²) in [6.45, 7) is 0.0677. The largest absolute Gasteiger partial charge is 0.486 e. The molecule has 20 heavy (non-hydrogen) atoms. The second kappa shape index (κ2) is 7.08. The van der Waals surface area contributed by atoms with Crippen LogP contribution in [0.3, 0.4) is 0 Å². The number of aliphatic carboxylic acids is 1. The molecule has 0 aromatic heterocycles. The fraction of sp³-hybridized carbons (Fsp3) is 0.500. The van der Waals surface area contributed by atoms with Gasteiger partial charge in [0.05, 0.1) is 5.92 Å². The number of ether oxygens (including phenoxy) is 1. The number of carboxylic acids is 1. The summed E-state index contributed by atoms with van der Waals surface area (Å²) in [6, 6.07) is 9.24. The summed E-state index contributed by atoms with van der Waals surface area (Å²) in [4.78, 5) is 22.9. The highest BCUT2D eigenvalue weighted by Crippen LogP contribution is 2.31. The molecule has 1 aliphatic carbocycles. The summed E-state index contributed by atoms with van der Waals surface area (Å²) in [6.07, 6.45) is 3.62. The molecule has 4 heteroatoms. The molecule has 1 aliphatic rings. The zero-order valence-electron chi connectivity index (χ0n) is 11.5. The molecule has 1 saturated carbocycles. The van der Waals surface area contributed by atoms with Crippen molar-refractivity contribution in [2.24, 2.45) is 11.8 Å². The number of Topliss-reactive ketones (excluding diaryl/α,β-unsaturated/α-hetero) is 1. The van der Waals surface area contributed by atoms with Crippen LogP contribution in [-0.2, 0) is 9.59 Å². The van der Waals surface area contributed by atoms with Gasteiger partial charge in [0.2, 0.25) is 0 Å². The average molecular weight is 276 g/mol. The first-order valence-corrected chi connectivity index (χ1v) is 7.07. The molecular weight excluding hydrogens is 256 g/mol. The third-order valence-electron chi connectivity index (χ3n) is 3.79. The smallest absolute Gasteiger partial charge is 0.306 e. The number of benzene rings is 1. The molecule has 2 rings (SSSR count). The van der Waals surface area contributed by atoms with Gasteiger partial charge in [0.15, 0.2) is 5.78 Å². The van der Waals surface area contributed by atoms with E-state index in [9.17, 15) is 9.59 Å². The number of carbonyl (C=O) groups is 2. The van der Waals surface area contributed by atoms with Crippen LogP contribution in [0.1, 0.15) is 32.1 Å². The van der Waals surface area contributed by atoms with Gasteiger partial charge in [-0.2, -0.15) is 0 Å². The lowest BCUT2D eigenvalue weighted by Gasteiger charge is -2.26. The summed E-state index contributed by atoms with van der Waals surface area (Å²) >= 11 is 0. The van der Waals surface area contributed by atoms with E-state index >= 15 is 0 Å². The first-order chi connectivity index (χ1) is 9.65. The van der Waals surface area contributed by atoms with Gasteiger partial charge in [-0.15, -0.1) is 0 Å². The van der Waals surface area contributed by atoms with Gasteiger partial charge in [0.1, 0.15) is 12.4 Å². The summed E-state index contributed by atoms with van der Waals surface area (Å²) in [5.74, 6) is -0.0891. The number of hydrogen-bond acceptors (Lipinski definition) is 3. The fourth-order valence-electron chi connectivity index (χ4n) is 2.76. The Kier molecular flexibility index (Phi) is 5.16. The average Bonchev–Trinajstić information content (AvgIpc) is 2.46. The van der Waals surface area contributed by atoms with E-state index < -0.39 is 5.97 Å². The van der Waals surface area contributed by atoms with Gasteiger partial charge < -0.3 is 9.84 Å². The molecule has 1 fully saturated rings. The van der Waals surface area contributed by atoms with Crippen molar-refractivity contribution in [1.82, 2.24) is 0 Å². The van der Waals surface area contributed by atoms with Crippen LogP contribution >= 0.6 is 0 Å². The molecular formula is C16H20O4. The highest BCUT2D eigenvalue weighted by molar-refractivity contribution is 5.80. The summed E-state index contributed by atoms with van der Waals surface area (Å²) < 4.78 is 5.42. The predicted molar refractivity (Wildman–Crippen MR) is 74.6 cm³/mol. The number of rotatable bonds is 6. The van der Waals surface area contributed by atoms with Crippen LogP contribution in [0.5, 0.6) is 5.75 Å². The topological polar surface area (TPSA) is 63.6 Å². The van der Waals surface area contributed by atoms with Crippen molar-refractivity contribution in [3.05, 3.63) is 30.3 Å². The van der Waals surface area contributed by atoms with Gasteiger partial charge >= 0.3 is 5.97 Å². The lowest BCUT2D eigenvalue weighted by molar-refractivity contribution is -0.143. The molecule has 4 nitrogen and oxygen atoms in total. The van der Waals surface area contributed by atoms with Crippen molar-refractivity contribution in [3.8, 4) is 5.75 Å². The van der Waals surface area contributed by atoms with Crippen LogP contribution < -0.4 is 4.74 Å². The Bertz CT molecular complexity index is 455. The molecule has 0 spiro atoms. The first-order valence-electron chi connectivity index (χ1n) is 7.07. The van der Waals surface area contributed by atoms with Gasteiger partial charge in [-0.05, 0) is 37.3 Å². The minimum atomic E-state index is -0.734. The molecule has 0 heterocycles. The summed E-state index contributed by atoms with van der Waals surface area (Å²) in [7, 11) is 0. The minimum absolute atomic E-state index is 0.0462. The zero-order valence-corrected chi connectivity index (χ0v) is 11.5. The van der Waals surface area contributed by atoms with Gasteiger partial charge in [0, 0.05) is 6.42 Å². The van der Waals surface area contributed by atoms with E-state index in [0.717, 1.165) is 19.3 Å². The van der Waals surface area contributed by atoms with Gasteiger partial charge in [-0.3, -0.25) is 9.59 Å². The van der Waals surface area contributed by atoms with Crippen molar-refractivity contribution in [1.29, 1.82) is 0 Å². The highest BCUT2D eigenvalue weighted by Gasteiger charge is 2.28. The maximum absolute atomic E-state index is 11.9. The van der Waals surface area contributed by atoms with Crippen molar-refractivity contribution in [2.75, 3.05) is 6.61 Å². The molecule has 2 atom stereocenters. The number of para-hydroxylation sites is 1. The summed E-state index contributed by atoms with van der Waals surface area (Å²) in [5.41, 5.74) is 0. The van der Waals surface area contributed by atoms with E-state index in [0.29, 0.717) is 18.6 Å². The maximum atomic E-state index is 11.9. The SMILES string of the molecule is O=C(COc1ccccc1)C[C@H]1CCCC(C(=O)O)C1. The van der Waals surface area contributed by atoms with E-state index in [1.807, 2.05) is 30.3 Å². The van der Waals surface area contributed by atoms with E-state index in [1.54, 1.807) is 0 Å². The standard InChI is InChI=1S/C16H20O4/c17-14(11-20-15-7-2-1-3-8-15)10-12-5-4-6-13(9-12)16(18)19/h1-3,7-8,12-13H,4-6,9-11H2,(H,18,19)/t12-,13?/m0/s1. The minimum Gasteiger partial charge on any atom is -0.486 e.